The van der Waals surface area contributed by atoms with Gasteiger partial charge >= 0.3 is 5.97 Å². The summed E-state index contributed by atoms with van der Waals surface area (Å²) in [5, 5.41) is 8.32. The van der Waals surface area contributed by atoms with Crippen LogP contribution in [0.1, 0.15) is 44.2 Å². The first kappa shape index (κ1) is 23.4. The topological polar surface area (TPSA) is 62.5 Å². The average molecular weight is 576 g/mol. The minimum Gasteiger partial charge on any atom is -0.477 e. The third-order valence-corrected chi connectivity index (χ3v) is 4.70. The Bertz CT molecular complexity index is 1040. The van der Waals surface area contributed by atoms with Crippen LogP contribution in [0.4, 0.5) is 0 Å². The van der Waals surface area contributed by atoms with Crippen LogP contribution in [0.5, 0.6) is 0 Å². The summed E-state index contributed by atoms with van der Waals surface area (Å²) in [7, 11) is 0. The molecule has 2 aromatic carbocycles. The third kappa shape index (κ3) is 5.59. The number of hydrogen-bond donors (Lipinski definition) is 1. The summed E-state index contributed by atoms with van der Waals surface area (Å²) in [6.07, 6.45) is 5.55. The van der Waals surface area contributed by atoms with Crippen molar-refractivity contribution in [2.75, 3.05) is 0 Å². The molecule has 0 saturated carbocycles. The number of rotatable bonds is 3. The Hall–Kier alpha value is -2.88. The first-order valence-corrected chi connectivity index (χ1v) is 9.41. The molecule has 3 aromatic rings. The Labute approximate surface area is 190 Å². The van der Waals surface area contributed by atoms with Crippen molar-refractivity contribution in [2.24, 2.45) is 4.99 Å². The van der Waals surface area contributed by atoms with Gasteiger partial charge in [-0.25, -0.2) is 9.78 Å². The van der Waals surface area contributed by atoms with Crippen molar-refractivity contribution in [3.05, 3.63) is 113 Å². The largest absolute Gasteiger partial charge is 0.477 e. The summed E-state index contributed by atoms with van der Waals surface area (Å²) < 4.78 is 0. The van der Waals surface area contributed by atoms with E-state index in [0.717, 1.165) is 11.3 Å². The van der Waals surface area contributed by atoms with Crippen LogP contribution in [0.2, 0.25) is 0 Å². The molecular weight excluding hydrogens is 553 g/mol. The van der Waals surface area contributed by atoms with Crippen LogP contribution in [-0.2, 0) is 20.1 Å². The monoisotopic (exact) mass is 576 g/mol. The molecular formula is C25H23IrN2O2-. The summed E-state index contributed by atoms with van der Waals surface area (Å²) >= 11 is 0. The summed E-state index contributed by atoms with van der Waals surface area (Å²) in [6, 6.07) is 20.6. The maximum atomic E-state index is 10.1. The fourth-order valence-corrected chi connectivity index (χ4v) is 3.57. The number of aliphatic imine (C=N–C) groups is 1. The number of hydrogen-bond acceptors (Lipinski definition) is 3. The van der Waals surface area contributed by atoms with Crippen LogP contribution in [0.3, 0.4) is 0 Å². The van der Waals surface area contributed by atoms with E-state index in [2.05, 4.69) is 61.1 Å². The quantitative estimate of drug-likeness (QED) is 0.432. The van der Waals surface area contributed by atoms with Crippen LogP contribution in [0.25, 0.3) is 0 Å². The van der Waals surface area contributed by atoms with Gasteiger partial charge in [0.25, 0.3) is 0 Å². The smallest absolute Gasteiger partial charge is 0.354 e. The van der Waals surface area contributed by atoms with Crippen LogP contribution >= 0.6 is 0 Å². The second kappa shape index (κ2) is 10.8. The zero-order chi connectivity index (χ0) is 20.8. The van der Waals surface area contributed by atoms with Gasteiger partial charge in [0.2, 0.25) is 0 Å². The van der Waals surface area contributed by atoms with Crippen LogP contribution in [-0.4, -0.2) is 21.8 Å². The summed E-state index contributed by atoms with van der Waals surface area (Å²) in [5.41, 5.74) is 7.63. The number of aryl methyl sites for hydroxylation is 3. The van der Waals surface area contributed by atoms with E-state index in [0.29, 0.717) is 0 Å². The van der Waals surface area contributed by atoms with Gasteiger partial charge in [0.1, 0.15) is 5.69 Å². The first-order chi connectivity index (χ1) is 14.0. The predicted octanol–water partition coefficient (Wildman–Crippen LogP) is 5.29. The molecule has 4 nitrogen and oxygen atoms in total. The second-order valence-electron chi connectivity index (χ2n) is 6.94. The molecule has 0 amide bonds. The number of benzene rings is 2. The van der Waals surface area contributed by atoms with E-state index < -0.39 is 5.97 Å². The molecule has 1 unspecified atom stereocenters. The molecule has 0 spiro atoms. The van der Waals surface area contributed by atoms with Crippen molar-refractivity contribution in [3.63, 3.8) is 0 Å². The second-order valence-corrected chi connectivity index (χ2v) is 6.94. The van der Waals surface area contributed by atoms with Gasteiger partial charge in [0, 0.05) is 38.4 Å². The van der Waals surface area contributed by atoms with Gasteiger partial charge in [-0.2, -0.15) is 0 Å². The molecule has 2 heterocycles. The van der Waals surface area contributed by atoms with Crippen molar-refractivity contribution in [3.8, 4) is 0 Å². The van der Waals surface area contributed by atoms with Crippen molar-refractivity contribution in [2.45, 2.75) is 26.7 Å². The van der Waals surface area contributed by atoms with Crippen molar-refractivity contribution in [1.29, 1.82) is 0 Å². The number of carbonyl (C=O) groups is 1. The molecule has 4 rings (SSSR count). The average Bonchev–Trinajstić information content (AvgIpc) is 3.18. The van der Waals surface area contributed by atoms with Gasteiger partial charge in [-0.15, -0.1) is 35.9 Å². The maximum absolute atomic E-state index is 10.1. The van der Waals surface area contributed by atoms with Crippen molar-refractivity contribution in [1.82, 2.24) is 4.98 Å². The first-order valence-electron chi connectivity index (χ1n) is 9.41. The molecule has 1 atom stereocenters. The van der Waals surface area contributed by atoms with Gasteiger partial charge < -0.3 is 10.1 Å². The summed E-state index contributed by atoms with van der Waals surface area (Å²) in [6.45, 7) is 6.52. The number of carboxylic acid groups (broad SMARTS) is 1. The number of carboxylic acids is 1. The van der Waals surface area contributed by atoms with Crippen LogP contribution in [0, 0.1) is 26.8 Å². The molecule has 30 heavy (non-hydrogen) atoms. The van der Waals surface area contributed by atoms with Gasteiger partial charge in [0.15, 0.2) is 0 Å². The van der Waals surface area contributed by atoms with Gasteiger partial charge in [-0.05, 0) is 55.3 Å². The maximum Gasteiger partial charge on any atom is 0.354 e. The predicted molar refractivity (Wildman–Crippen MR) is 116 cm³/mol. The van der Waals surface area contributed by atoms with E-state index in [9.17, 15) is 4.79 Å². The molecule has 0 fully saturated rings. The zero-order valence-corrected chi connectivity index (χ0v) is 19.5. The molecule has 1 N–H and O–H groups in total. The molecule has 1 aliphatic rings. The number of nitrogens with zero attached hydrogens (tertiary/aromatic N) is 2. The van der Waals surface area contributed by atoms with Crippen molar-refractivity contribution >= 4 is 11.7 Å². The van der Waals surface area contributed by atoms with Gasteiger partial charge in [-0.3, -0.25) is 0 Å². The summed E-state index contributed by atoms with van der Waals surface area (Å²) in [5.74, 6) is -0.746. The Morgan fingerprint density at radius 1 is 1.03 bits per heavy atom. The van der Waals surface area contributed by atoms with E-state index in [-0.39, 0.29) is 31.7 Å². The Morgan fingerprint density at radius 2 is 1.73 bits per heavy atom. The summed E-state index contributed by atoms with van der Waals surface area (Å²) in [4.78, 5) is 18.3. The normalized spacial score (nSPS) is 14.2. The van der Waals surface area contributed by atoms with E-state index in [1.54, 1.807) is 12.1 Å². The van der Waals surface area contributed by atoms with E-state index in [1.165, 1.54) is 34.5 Å². The minimum absolute atomic E-state index is 0. The molecule has 0 saturated heterocycles. The van der Waals surface area contributed by atoms with Gasteiger partial charge in [-0.1, -0.05) is 29.8 Å². The van der Waals surface area contributed by atoms with Gasteiger partial charge in [0.05, 0.1) is 0 Å². The molecule has 0 aliphatic carbocycles. The number of aromatic carboxylic acids is 1. The van der Waals surface area contributed by atoms with E-state index >= 15 is 0 Å². The van der Waals surface area contributed by atoms with E-state index in [4.69, 9.17) is 5.11 Å². The molecule has 5 heteroatoms. The third-order valence-electron chi connectivity index (χ3n) is 4.70. The SMILES string of the molecule is Cc1cc(C)c(C2C=CN=C2c2[c-]cccc2)c(C)c1.O=C(O)c1ccccn1.[Ir]. The molecule has 1 aliphatic heterocycles. The minimum atomic E-state index is -0.990. The van der Waals surface area contributed by atoms with Crippen LogP contribution in [0.15, 0.2) is 78.1 Å². The van der Waals surface area contributed by atoms with Crippen molar-refractivity contribution < 1.29 is 30.0 Å². The fraction of sp³-hybridized carbons (Fsp3) is 0.160. The van der Waals surface area contributed by atoms with Crippen LogP contribution < -0.4 is 0 Å². The Balaban J connectivity index is 0.000000272. The number of allylic oxidation sites excluding steroid dienone is 1. The van der Waals surface area contributed by atoms with E-state index in [1.807, 2.05) is 24.4 Å². The number of pyridine rings is 1. The molecule has 155 valence electrons. The Kier molecular flexibility index (Phi) is 8.40. The molecule has 0 bridgehead atoms. The zero-order valence-electron chi connectivity index (χ0n) is 17.1. The number of aromatic nitrogens is 1. The molecule has 1 aromatic heterocycles. The molecule has 1 radical (unpaired) electrons. The Morgan fingerprint density at radius 3 is 2.27 bits per heavy atom. The standard InChI is InChI=1S/C19H18N.C6H5NO2.Ir/c1-13-11-14(2)18(15(3)12-13)17-9-10-20-19(17)16-7-5-4-6-8-16;8-6(9)5-3-1-2-4-7-5;/h4-7,9-12,17H,1-3H3;1-4H,(H,8,9);/q-1;;. The fourth-order valence-electron chi connectivity index (χ4n) is 3.57.